The number of methoxy groups -OCH3 is 1. The Morgan fingerprint density at radius 3 is 2.44 bits per heavy atom. The van der Waals surface area contributed by atoms with Gasteiger partial charge >= 0.3 is 0 Å². The predicted octanol–water partition coefficient (Wildman–Crippen LogP) is 6.89. The topological polar surface area (TPSA) is 69.4 Å². The number of aromatic nitrogens is 1. The van der Waals surface area contributed by atoms with Crippen molar-refractivity contribution in [3.63, 3.8) is 0 Å². The zero-order valence-corrected chi connectivity index (χ0v) is 23.4. The fourth-order valence-electron chi connectivity index (χ4n) is 5.64. The summed E-state index contributed by atoms with van der Waals surface area (Å²) < 4.78 is 19.8. The smallest absolute Gasteiger partial charge is 0.217 e. The molecule has 0 aliphatic rings. The van der Waals surface area contributed by atoms with E-state index in [-0.39, 0.29) is 5.56 Å². The first-order valence-electron chi connectivity index (χ1n) is 13.5. The van der Waals surface area contributed by atoms with Crippen LogP contribution in [0.25, 0.3) is 21.9 Å². The second-order valence-corrected chi connectivity index (χ2v) is 10.5. The first kappa shape index (κ1) is 28.0. The third kappa shape index (κ3) is 5.55. The van der Waals surface area contributed by atoms with Crippen molar-refractivity contribution in [2.75, 3.05) is 27.7 Å². The van der Waals surface area contributed by atoms with Crippen LogP contribution in [0.5, 0.6) is 5.88 Å². The Labute approximate surface area is 240 Å². The molecule has 5 nitrogen and oxygen atoms in total. The largest absolute Gasteiger partial charge is 0.481 e. The number of rotatable bonds is 9. The van der Waals surface area contributed by atoms with Crippen molar-refractivity contribution < 1.29 is 14.2 Å². The molecule has 0 aliphatic carbocycles. The molecule has 41 heavy (non-hydrogen) atoms. The molecule has 4 aromatic carbocycles. The van der Waals surface area contributed by atoms with Crippen molar-refractivity contribution in [2.24, 2.45) is 0 Å². The Balaban J connectivity index is 1.82. The van der Waals surface area contributed by atoms with Crippen LogP contribution < -0.4 is 4.74 Å². The first-order valence-corrected chi connectivity index (χ1v) is 13.5. The number of pyridine rings is 1. The summed E-state index contributed by atoms with van der Waals surface area (Å²) in [6.45, 7) is 0.620. The van der Waals surface area contributed by atoms with E-state index in [2.05, 4.69) is 16.0 Å². The number of halogens is 1. The van der Waals surface area contributed by atoms with E-state index in [1.165, 1.54) is 12.1 Å². The number of hydrogen-bond acceptors (Lipinski definition) is 5. The molecule has 0 fully saturated rings. The van der Waals surface area contributed by atoms with Crippen LogP contribution in [-0.4, -0.2) is 42.7 Å². The molecule has 0 amide bonds. The van der Waals surface area contributed by atoms with Gasteiger partial charge in [-0.3, -0.25) is 0 Å². The second kappa shape index (κ2) is 11.9. The van der Waals surface area contributed by atoms with Crippen LogP contribution in [0.1, 0.15) is 34.6 Å². The highest BCUT2D eigenvalue weighted by Gasteiger charge is 2.43. The van der Waals surface area contributed by atoms with E-state index in [4.69, 9.17) is 4.74 Å². The van der Waals surface area contributed by atoms with Gasteiger partial charge in [0.15, 0.2) is 0 Å². The minimum atomic E-state index is -1.39. The number of benzene rings is 4. The molecule has 1 aromatic heterocycles. The maximum atomic E-state index is 14.0. The zero-order valence-electron chi connectivity index (χ0n) is 23.4. The van der Waals surface area contributed by atoms with Gasteiger partial charge in [-0.1, -0.05) is 78.9 Å². The van der Waals surface area contributed by atoms with E-state index in [0.717, 1.165) is 21.9 Å². The highest BCUT2D eigenvalue weighted by atomic mass is 19.1. The van der Waals surface area contributed by atoms with Gasteiger partial charge in [0.05, 0.1) is 18.7 Å². The van der Waals surface area contributed by atoms with Gasteiger partial charge in [-0.05, 0) is 60.6 Å². The average molecular weight is 546 g/mol. The van der Waals surface area contributed by atoms with Gasteiger partial charge in [-0.15, -0.1) is 0 Å². The summed E-state index contributed by atoms with van der Waals surface area (Å²) in [5.74, 6) is -0.710. The highest BCUT2D eigenvalue weighted by molar-refractivity contribution is 5.87. The molecule has 0 saturated carbocycles. The summed E-state index contributed by atoms with van der Waals surface area (Å²) in [6, 6.07) is 32.1. The molecule has 0 saturated heterocycles. The predicted molar refractivity (Wildman–Crippen MR) is 160 cm³/mol. The Morgan fingerprint density at radius 1 is 0.976 bits per heavy atom. The molecule has 0 spiro atoms. The van der Waals surface area contributed by atoms with Crippen molar-refractivity contribution in [1.82, 2.24) is 9.88 Å². The molecule has 0 radical (unpaired) electrons. The van der Waals surface area contributed by atoms with Crippen molar-refractivity contribution in [1.29, 1.82) is 5.26 Å². The molecule has 1 heterocycles. The number of fused-ring (bicyclic) bond motifs is 1. The Hall–Kier alpha value is -4.57. The Kier molecular flexibility index (Phi) is 8.11. The monoisotopic (exact) mass is 545 g/mol. The van der Waals surface area contributed by atoms with Crippen molar-refractivity contribution in [3.8, 4) is 23.1 Å². The van der Waals surface area contributed by atoms with Gasteiger partial charge in [0.2, 0.25) is 5.88 Å². The van der Waals surface area contributed by atoms with Crippen LogP contribution in [0.15, 0.2) is 103 Å². The van der Waals surface area contributed by atoms with Crippen molar-refractivity contribution >= 4 is 10.8 Å². The van der Waals surface area contributed by atoms with Gasteiger partial charge in [-0.2, -0.15) is 5.26 Å². The lowest BCUT2D eigenvalue weighted by Crippen LogP contribution is -2.38. The first-order chi connectivity index (χ1) is 19.9. The molecular weight excluding hydrogens is 513 g/mol. The molecular formula is C35H32FN3O2. The SMILES string of the molecule is COc1ncc(-c2ccc(F)cc2C#N)cc1C(c1ccccc1)C(O)(CCN(C)C)c1cccc2ccccc12. The lowest BCUT2D eigenvalue weighted by Gasteiger charge is -2.39. The zero-order chi connectivity index (χ0) is 29.0. The van der Waals surface area contributed by atoms with Crippen LogP contribution in [0.2, 0.25) is 0 Å². The maximum Gasteiger partial charge on any atom is 0.217 e. The molecule has 2 atom stereocenters. The molecule has 5 aromatic rings. The number of ether oxygens (including phenoxy) is 1. The minimum Gasteiger partial charge on any atom is -0.481 e. The van der Waals surface area contributed by atoms with E-state index in [9.17, 15) is 14.8 Å². The van der Waals surface area contributed by atoms with Gasteiger partial charge < -0.3 is 14.7 Å². The summed E-state index contributed by atoms with van der Waals surface area (Å²) in [6.07, 6.45) is 2.04. The van der Waals surface area contributed by atoms with Crippen LogP contribution in [0.4, 0.5) is 4.39 Å². The molecule has 2 unspecified atom stereocenters. The summed E-state index contributed by atoms with van der Waals surface area (Å²) in [5.41, 5.74) is 2.36. The molecule has 206 valence electrons. The fourth-order valence-corrected chi connectivity index (χ4v) is 5.64. The van der Waals surface area contributed by atoms with Gasteiger partial charge in [0.1, 0.15) is 11.4 Å². The molecule has 6 heteroatoms. The number of aliphatic hydroxyl groups is 1. The summed E-state index contributed by atoms with van der Waals surface area (Å²) in [7, 11) is 5.53. The average Bonchev–Trinajstić information content (AvgIpc) is 3.00. The summed E-state index contributed by atoms with van der Waals surface area (Å²) in [5, 5.41) is 24.9. The van der Waals surface area contributed by atoms with Gasteiger partial charge in [0, 0.05) is 35.3 Å². The molecule has 0 aliphatic heterocycles. The molecule has 0 bridgehead atoms. The third-order valence-corrected chi connectivity index (χ3v) is 7.60. The number of nitrogens with zero attached hydrogens (tertiary/aromatic N) is 3. The van der Waals surface area contributed by atoms with E-state index < -0.39 is 17.3 Å². The summed E-state index contributed by atoms with van der Waals surface area (Å²) >= 11 is 0. The van der Waals surface area contributed by atoms with Gasteiger partial charge in [0.25, 0.3) is 0 Å². The van der Waals surface area contributed by atoms with Crippen LogP contribution >= 0.6 is 0 Å². The quantitative estimate of drug-likeness (QED) is 0.218. The second-order valence-electron chi connectivity index (χ2n) is 10.5. The van der Waals surface area contributed by atoms with Crippen LogP contribution in [-0.2, 0) is 5.60 Å². The Morgan fingerprint density at radius 2 is 1.71 bits per heavy atom. The third-order valence-electron chi connectivity index (χ3n) is 7.60. The lowest BCUT2D eigenvalue weighted by molar-refractivity contribution is 0.00517. The molecule has 1 N–H and O–H groups in total. The fraction of sp³-hybridized carbons (Fsp3) is 0.200. The molecule has 5 rings (SSSR count). The normalized spacial score (nSPS) is 13.5. The standard InChI is InChI=1S/C35H32FN3O2/c1-39(2)19-18-35(40,32-15-9-13-24-10-7-8-14-30(24)32)33(25-11-5-4-6-12-25)31-21-27(23-38-34(31)41-3)29-17-16-28(36)20-26(29)22-37/h4-17,20-21,23,33,40H,18-19H2,1-3H3. The van der Waals surface area contributed by atoms with E-state index >= 15 is 0 Å². The van der Waals surface area contributed by atoms with Gasteiger partial charge in [-0.25, -0.2) is 9.37 Å². The maximum absolute atomic E-state index is 14.0. The van der Waals surface area contributed by atoms with E-state index in [1.54, 1.807) is 19.4 Å². The minimum absolute atomic E-state index is 0.205. The van der Waals surface area contributed by atoms with Crippen molar-refractivity contribution in [2.45, 2.75) is 17.9 Å². The summed E-state index contributed by atoms with van der Waals surface area (Å²) in [4.78, 5) is 6.69. The number of hydrogen-bond donors (Lipinski definition) is 1. The Bertz CT molecular complexity index is 1710. The van der Waals surface area contributed by atoms with Crippen LogP contribution in [0, 0.1) is 17.1 Å². The van der Waals surface area contributed by atoms with Crippen LogP contribution in [0.3, 0.4) is 0 Å². The highest BCUT2D eigenvalue weighted by Crippen LogP contribution is 2.49. The van der Waals surface area contributed by atoms with E-state index in [0.29, 0.717) is 35.5 Å². The number of nitriles is 1. The van der Waals surface area contributed by atoms with E-state index in [1.807, 2.05) is 93.0 Å². The lowest BCUT2D eigenvalue weighted by atomic mass is 9.70. The van der Waals surface area contributed by atoms with Crippen molar-refractivity contribution in [3.05, 3.63) is 131 Å².